The Morgan fingerprint density at radius 1 is 1.09 bits per heavy atom. The highest BCUT2D eigenvalue weighted by molar-refractivity contribution is 5.78. The molecule has 2 amide bonds. The second kappa shape index (κ2) is 5.88. The molecular formula is C17H24N4O. The number of rotatable bonds is 3. The summed E-state index contributed by atoms with van der Waals surface area (Å²) in [6.07, 6.45) is 8.36. The average molecular weight is 300 g/mol. The summed E-state index contributed by atoms with van der Waals surface area (Å²) >= 11 is 0. The number of aromatic nitrogens is 1. The molecule has 0 saturated carbocycles. The molecule has 5 nitrogen and oxygen atoms in total. The van der Waals surface area contributed by atoms with Gasteiger partial charge in [-0.15, -0.1) is 0 Å². The molecule has 3 aliphatic rings. The summed E-state index contributed by atoms with van der Waals surface area (Å²) in [7, 11) is 0. The molecule has 22 heavy (non-hydrogen) atoms. The Labute approximate surface area is 131 Å². The predicted molar refractivity (Wildman–Crippen MR) is 84.4 cm³/mol. The molecule has 4 rings (SSSR count). The zero-order valence-corrected chi connectivity index (χ0v) is 13.0. The van der Waals surface area contributed by atoms with Gasteiger partial charge in [0.15, 0.2) is 0 Å². The summed E-state index contributed by atoms with van der Waals surface area (Å²) in [5.74, 6) is 0. The van der Waals surface area contributed by atoms with Crippen molar-refractivity contribution in [3.05, 3.63) is 30.1 Å². The lowest BCUT2D eigenvalue weighted by atomic mass is 10.0. The monoisotopic (exact) mass is 300 g/mol. The number of hydrogen-bond donors (Lipinski definition) is 0. The quantitative estimate of drug-likeness (QED) is 0.856. The summed E-state index contributed by atoms with van der Waals surface area (Å²) in [5, 5.41) is 0. The van der Waals surface area contributed by atoms with Crippen LogP contribution in [0.4, 0.5) is 4.79 Å². The molecule has 1 unspecified atom stereocenters. The van der Waals surface area contributed by atoms with Crippen molar-refractivity contribution >= 4 is 6.03 Å². The van der Waals surface area contributed by atoms with Gasteiger partial charge in [-0.3, -0.25) is 9.88 Å². The fraction of sp³-hybridized carbons (Fsp3) is 0.647. The first-order chi connectivity index (χ1) is 10.8. The zero-order valence-electron chi connectivity index (χ0n) is 13.0. The molecule has 0 spiro atoms. The SMILES string of the molecule is O=C1N2CCCC2CN1C1CCN(Cc2cccnc2)CC1. The molecule has 0 aromatic carbocycles. The van der Waals surface area contributed by atoms with Crippen LogP contribution in [-0.2, 0) is 6.54 Å². The van der Waals surface area contributed by atoms with E-state index in [1.807, 2.05) is 18.5 Å². The fourth-order valence-electron chi connectivity index (χ4n) is 4.19. The van der Waals surface area contributed by atoms with Crippen LogP contribution in [0.3, 0.4) is 0 Å². The van der Waals surface area contributed by atoms with Crippen LogP contribution in [0.1, 0.15) is 31.2 Å². The number of amides is 2. The van der Waals surface area contributed by atoms with Crippen molar-refractivity contribution in [3.8, 4) is 0 Å². The van der Waals surface area contributed by atoms with Gasteiger partial charge in [0, 0.05) is 51.2 Å². The summed E-state index contributed by atoms with van der Waals surface area (Å²) < 4.78 is 0. The van der Waals surface area contributed by atoms with Gasteiger partial charge in [0.1, 0.15) is 0 Å². The first-order valence-electron chi connectivity index (χ1n) is 8.50. The van der Waals surface area contributed by atoms with Gasteiger partial charge in [0.05, 0.1) is 6.04 Å². The lowest BCUT2D eigenvalue weighted by Crippen LogP contribution is -2.46. The van der Waals surface area contributed by atoms with Gasteiger partial charge in [0.25, 0.3) is 0 Å². The molecule has 3 aliphatic heterocycles. The van der Waals surface area contributed by atoms with E-state index in [9.17, 15) is 4.79 Å². The standard InChI is InChI=1S/C17H24N4O/c22-17-20-8-2-4-16(20)13-21(17)15-5-9-19(10-6-15)12-14-3-1-7-18-11-14/h1,3,7,11,15-16H,2,4-6,8-10,12-13H2. The Hall–Kier alpha value is -1.62. The van der Waals surface area contributed by atoms with Crippen molar-refractivity contribution in [1.29, 1.82) is 0 Å². The van der Waals surface area contributed by atoms with Crippen LogP contribution in [0.15, 0.2) is 24.5 Å². The Balaban J connectivity index is 1.32. The number of fused-ring (bicyclic) bond motifs is 1. The maximum Gasteiger partial charge on any atom is 0.320 e. The number of pyridine rings is 1. The molecule has 0 N–H and O–H groups in total. The normalized spacial score (nSPS) is 26.7. The Morgan fingerprint density at radius 3 is 2.68 bits per heavy atom. The first kappa shape index (κ1) is 14.0. The highest BCUT2D eigenvalue weighted by Gasteiger charge is 2.43. The van der Waals surface area contributed by atoms with Crippen molar-refractivity contribution in [2.24, 2.45) is 0 Å². The number of hydrogen-bond acceptors (Lipinski definition) is 3. The molecule has 0 bridgehead atoms. The van der Waals surface area contributed by atoms with Crippen LogP contribution in [0.5, 0.6) is 0 Å². The molecule has 3 saturated heterocycles. The maximum atomic E-state index is 12.5. The van der Waals surface area contributed by atoms with Gasteiger partial charge in [-0.05, 0) is 37.3 Å². The smallest absolute Gasteiger partial charge is 0.320 e. The minimum atomic E-state index is 0.299. The molecule has 5 heteroatoms. The maximum absolute atomic E-state index is 12.5. The topological polar surface area (TPSA) is 39.7 Å². The largest absolute Gasteiger partial charge is 0.320 e. The number of nitrogens with zero attached hydrogens (tertiary/aromatic N) is 4. The van der Waals surface area contributed by atoms with E-state index in [0.717, 1.165) is 45.6 Å². The second-order valence-corrected chi connectivity index (χ2v) is 6.79. The minimum absolute atomic E-state index is 0.299. The Kier molecular flexibility index (Phi) is 3.74. The molecular weight excluding hydrogens is 276 g/mol. The molecule has 0 aliphatic carbocycles. The van der Waals surface area contributed by atoms with Gasteiger partial charge < -0.3 is 9.80 Å². The lowest BCUT2D eigenvalue weighted by molar-refractivity contribution is 0.126. The summed E-state index contributed by atoms with van der Waals surface area (Å²) in [6.45, 7) is 5.07. The van der Waals surface area contributed by atoms with Gasteiger partial charge in [0.2, 0.25) is 0 Å². The van der Waals surface area contributed by atoms with Gasteiger partial charge >= 0.3 is 6.03 Å². The zero-order chi connectivity index (χ0) is 14.9. The highest BCUT2D eigenvalue weighted by Crippen LogP contribution is 2.30. The number of carbonyl (C=O) groups is 1. The van der Waals surface area contributed by atoms with Crippen LogP contribution in [0, 0.1) is 0 Å². The van der Waals surface area contributed by atoms with Crippen LogP contribution in [0.25, 0.3) is 0 Å². The van der Waals surface area contributed by atoms with Crippen LogP contribution < -0.4 is 0 Å². The molecule has 1 atom stereocenters. The molecule has 0 radical (unpaired) electrons. The molecule has 1 aromatic rings. The van der Waals surface area contributed by atoms with Gasteiger partial charge in [-0.1, -0.05) is 6.07 Å². The van der Waals surface area contributed by atoms with Crippen molar-refractivity contribution < 1.29 is 4.79 Å². The van der Waals surface area contributed by atoms with Crippen LogP contribution in [0.2, 0.25) is 0 Å². The third kappa shape index (κ3) is 2.58. The highest BCUT2D eigenvalue weighted by atomic mass is 16.2. The number of urea groups is 1. The molecule has 1 aromatic heterocycles. The number of likely N-dealkylation sites (tertiary alicyclic amines) is 1. The van der Waals surface area contributed by atoms with Crippen molar-refractivity contribution in [1.82, 2.24) is 19.7 Å². The van der Waals surface area contributed by atoms with E-state index in [1.54, 1.807) is 0 Å². The van der Waals surface area contributed by atoms with E-state index in [2.05, 4.69) is 25.8 Å². The molecule has 4 heterocycles. The third-order valence-corrected chi connectivity index (χ3v) is 5.40. The Morgan fingerprint density at radius 2 is 1.95 bits per heavy atom. The molecule has 3 fully saturated rings. The van der Waals surface area contributed by atoms with Crippen LogP contribution >= 0.6 is 0 Å². The summed E-state index contributed by atoms with van der Waals surface area (Å²) in [4.78, 5) is 23.4. The Bertz CT molecular complexity index is 527. The van der Waals surface area contributed by atoms with E-state index < -0.39 is 0 Å². The van der Waals surface area contributed by atoms with E-state index in [-0.39, 0.29) is 0 Å². The van der Waals surface area contributed by atoms with Gasteiger partial charge in [-0.2, -0.15) is 0 Å². The number of piperidine rings is 1. The first-order valence-corrected chi connectivity index (χ1v) is 8.50. The average Bonchev–Trinajstić information content (AvgIpc) is 3.13. The van der Waals surface area contributed by atoms with Crippen molar-refractivity contribution in [2.45, 2.75) is 44.3 Å². The van der Waals surface area contributed by atoms with E-state index in [4.69, 9.17) is 0 Å². The minimum Gasteiger partial charge on any atom is -0.320 e. The third-order valence-electron chi connectivity index (χ3n) is 5.40. The molecule has 118 valence electrons. The van der Waals surface area contributed by atoms with Crippen molar-refractivity contribution in [3.63, 3.8) is 0 Å². The van der Waals surface area contributed by atoms with Crippen LogP contribution in [-0.4, -0.2) is 64.0 Å². The predicted octanol–water partition coefficient (Wildman–Crippen LogP) is 1.95. The second-order valence-electron chi connectivity index (χ2n) is 6.79. The number of carbonyl (C=O) groups excluding carboxylic acids is 1. The van der Waals surface area contributed by atoms with E-state index in [1.165, 1.54) is 18.4 Å². The van der Waals surface area contributed by atoms with Gasteiger partial charge in [-0.25, -0.2) is 4.79 Å². The summed E-state index contributed by atoms with van der Waals surface area (Å²) in [5.41, 5.74) is 1.28. The lowest BCUT2D eigenvalue weighted by Gasteiger charge is -2.36. The summed E-state index contributed by atoms with van der Waals surface area (Å²) in [6, 6.07) is 5.38. The van der Waals surface area contributed by atoms with E-state index >= 15 is 0 Å². The van der Waals surface area contributed by atoms with Crippen molar-refractivity contribution in [2.75, 3.05) is 26.2 Å². The fourth-order valence-corrected chi connectivity index (χ4v) is 4.19. The van der Waals surface area contributed by atoms with E-state index in [0.29, 0.717) is 18.1 Å².